The average molecular weight is 476 g/mol. The van der Waals surface area contributed by atoms with E-state index in [1.807, 2.05) is 12.3 Å². The molecule has 1 unspecified atom stereocenters. The molecule has 1 atom stereocenters. The Morgan fingerprint density at radius 2 is 1.59 bits per heavy atom. The molecule has 1 aromatic rings. The molecule has 4 N–H and O–H groups in total. The SMILES string of the molecule is O=C(O)C(F)(F)F.O=C(O)C(F)(F)F.c1cc(NC2CCCC2)nc(C2COCCN2)n1. The van der Waals surface area contributed by atoms with Gasteiger partial charge in [-0.1, -0.05) is 12.8 Å². The molecule has 2 aliphatic rings. The Bertz CT molecular complexity index is 711. The van der Waals surface area contributed by atoms with Gasteiger partial charge in [0.15, 0.2) is 0 Å². The molecular weight excluding hydrogens is 454 g/mol. The lowest BCUT2D eigenvalue weighted by Gasteiger charge is -2.23. The van der Waals surface area contributed by atoms with E-state index in [-0.39, 0.29) is 6.04 Å². The number of hydrogen-bond acceptors (Lipinski definition) is 7. The summed E-state index contributed by atoms with van der Waals surface area (Å²) in [4.78, 5) is 26.7. The van der Waals surface area contributed by atoms with Gasteiger partial charge in [-0.2, -0.15) is 26.3 Å². The molecule has 15 heteroatoms. The van der Waals surface area contributed by atoms with Crippen molar-refractivity contribution >= 4 is 17.8 Å². The fourth-order valence-corrected chi connectivity index (χ4v) is 2.63. The van der Waals surface area contributed by atoms with Gasteiger partial charge in [0.25, 0.3) is 0 Å². The number of carboxylic acids is 2. The summed E-state index contributed by atoms with van der Waals surface area (Å²) in [5.41, 5.74) is 0. The molecule has 182 valence electrons. The van der Waals surface area contributed by atoms with Crippen LogP contribution in [0.2, 0.25) is 0 Å². The van der Waals surface area contributed by atoms with E-state index in [4.69, 9.17) is 24.5 Å². The molecule has 32 heavy (non-hydrogen) atoms. The molecule has 1 aliphatic heterocycles. The smallest absolute Gasteiger partial charge is 0.475 e. The maximum Gasteiger partial charge on any atom is 0.490 e. The van der Waals surface area contributed by atoms with Crippen LogP contribution in [0.4, 0.5) is 32.2 Å². The fraction of sp³-hybridized carbons (Fsp3) is 0.647. The summed E-state index contributed by atoms with van der Waals surface area (Å²) in [6.45, 7) is 2.30. The number of morpholine rings is 1. The molecule has 1 aliphatic carbocycles. The number of carbonyl (C=O) groups is 2. The lowest BCUT2D eigenvalue weighted by atomic mass is 10.2. The number of aliphatic carboxylic acids is 2. The Kier molecular flexibility index (Phi) is 10.6. The summed E-state index contributed by atoms with van der Waals surface area (Å²) in [6, 6.07) is 2.67. The summed E-state index contributed by atoms with van der Waals surface area (Å²) in [6.07, 6.45) is -3.18. The molecule has 3 rings (SSSR count). The zero-order valence-electron chi connectivity index (χ0n) is 16.5. The maximum atomic E-state index is 10.6. The minimum atomic E-state index is -5.08. The highest BCUT2D eigenvalue weighted by Gasteiger charge is 2.38. The molecule has 1 saturated carbocycles. The quantitative estimate of drug-likeness (QED) is 0.486. The van der Waals surface area contributed by atoms with Crippen LogP contribution in [-0.2, 0) is 14.3 Å². The van der Waals surface area contributed by atoms with Crippen molar-refractivity contribution in [2.45, 2.75) is 50.1 Å². The third-order valence-electron chi connectivity index (χ3n) is 4.10. The molecule has 2 fully saturated rings. The number of hydrogen-bond donors (Lipinski definition) is 4. The number of rotatable bonds is 3. The highest BCUT2D eigenvalue weighted by atomic mass is 19.4. The van der Waals surface area contributed by atoms with Crippen molar-refractivity contribution in [3.05, 3.63) is 18.1 Å². The molecule has 0 radical (unpaired) electrons. The second-order valence-electron chi connectivity index (χ2n) is 6.61. The second-order valence-corrected chi connectivity index (χ2v) is 6.61. The Morgan fingerprint density at radius 1 is 1.06 bits per heavy atom. The number of ether oxygens (including phenoxy) is 1. The standard InChI is InChI=1S/C13H20N4O.2C2HF3O2/c1-2-4-10(3-1)16-12-5-6-15-13(17-12)11-9-18-8-7-14-11;2*3-2(4,5)1(6)7/h5-6,10-11,14H,1-4,7-9H2,(H,15,16,17);2*(H,6,7). The van der Waals surface area contributed by atoms with Crippen molar-refractivity contribution in [3.63, 3.8) is 0 Å². The van der Waals surface area contributed by atoms with Crippen molar-refractivity contribution in [1.82, 2.24) is 15.3 Å². The van der Waals surface area contributed by atoms with Gasteiger partial charge >= 0.3 is 24.3 Å². The molecule has 0 amide bonds. The van der Waals surface area contributed by atoms with Crippen LogP contribution in [0.25, 0.3) is 0 Å². The largest absolute Gasteiger partial charge is 0.490 e. The third kappa shape index (κ3) is 10.6. The molecular formula is C17H22F6N4O5. The van der Waals surface area contributed by atoms with Crippen LogP contribution in [0.15, 0.2) is 12.3 Å². The third-order valence-corrected chi connectivity index (χ3v) is 4.10. The minimum Gasteiger partial charge on any atom is -0.475 e. The molecule has 1 saturated heterocycles. The predicted octanol–water partition coefficient (Wildman–Crippen LogP) is 2.76. The average Bonchev–Trinajstić information content (AvgIpc) is 3.21. The van der Waals surface area contributed by atoms with Gasteiger partial charge in [0.2, 0.25) is 0 Å². The lowest BCUT2D eigenvalue weighted by Crippen LogP contribution is -2.35. The summed E-state index contributed by atoms with van der Waals surface area (Å²) < 4.78 is 68.9. The number of aromatic nitrogens is 2. The Hall–Kier alpha value is -2.68. The van der Waals surface area contributed by atoms with Gasteiger partial charge in [0.1, 0.15) is 11.6 Å². The topological polar surface area (TPSA) is 134 Å². The second kappa shape index (κ2) is 12.4. The number of alkyl halides is 6. The summed E-state index contributed by atoms with van der Waals surface area (Å²) in [7, 11) is 0. The highest BCUT2D eigenvalue weighted by molar-refractivity contribution is 5.73. The Morgan fingerprint density at radius 3 is 2.03 bits per heavy atom. The van der Waals surface area contributed by atoms with Crippen molar-refractivity contribution in [1.29, 1.82) is 0 Å². The molecule has 0 aromatic carbocycles. The number of nitrogens with zero attached hydrogens (tertiary/aromatic N) is 2. The Balaban J connectivity index is 0.000000305. The zero-order chi connectivity index (χ0) is 24.4. The van der Waals surface area contributed by atoms with E-state index >= 15 is 0 Å². The highest BCUT2D eigenvalue weighted by Crippen LogP contribution is 2.22. The summed E-state index contributed by atoms with van der Waals surface area (Å²) in [5, 5.41) is 21.1. The van der Waals surface area contributed by atoms with Gasteiger partial charge in [-0.15, -0.1) is 0 Å². The van der Waals surface area contributed by atoms with Gasteiger partial charge in [0.05, 0.1) is 19.3 Å². The van der Waals surface area contributed by atoms with E-state index in [1.165, 1.54) is 25.7 Å². The van der Waals surface area contributed by atoms with Crippen molar-refractivity contribution in [2.24, 2.45) is 0 Å². The van der Waals surface area contributed by atoms with Crippen LogP contribution >= 0.6 is 0 Å². The van der Waals surface area contributed by atoms with Crippen LogP contribution in [0, 0.1) is 0 Å². The van der Waals surface area contributed by atoms with Crippen molar-refractivity contribution in [2.75, 3.05) is 25.1 Å². The minimum absolute atomic E-state index is 0.129. The van der Waals surface area contributed by atoms with Crippen LogP contribution in [0.3, 0.4) is 0 Å². The summed E-state index contributed by atoms with van der Waals surface area (Å²) >= 11 is 0. The van der Waals surface area contributed by atoms with Crippen LogP contribution in [0.1, 0.15) is 37.5 Å². The maximum absolute atomic E-state index is 10.6. The van der Waals surface area contributed by atoms with Gasteiger partial charge in [-0.3, -0.25) is 0 Å². The number of halogens is 6. The van der Waals surface area contributed by atoms with E-state index in [0.717, 1.165) is 24.8 Å². The first-order valence-corrected chi connectivity index (χ1v) is 9.31. The van der Waals surface area contributed by atoms with Crippen LogP contribution in [0.5, 0.6) is 0 Å². The zero-order valence-corrected chi connectivity index (χ0v) is 16.5. The number of carboxylic acid groups (broad SMARTS) is 2. The molecule has 9 nitrogen and oxygen atoms in total. The normalized spacial score (nSPS) is 19.1. The van der Waals surface area contributed by atoms with Gasteiger partial charge in [-0.05, 0) is 18.9 Å². The molecule has 1 aromatic heterocycles. The van der Waals surface area contributed by atoms with Crippen LogP contribution < -0.4 is 10.6 Å². The van der Waals surface area contributed by atoms with Gasteiger partial charge < -0.3 is 25.6 Å². The van der Waals surface area contributed by atoms with E-state index in [1.54, 1.807) is 0 Å². The number of anilines is 1. The van der Waals surface area contributed by atoms with Crippen molar-refractivity contribution in [3.8, 4) is 0 Å². The van der Waals surface area contributed by atoms with Crippen molar-refractivity contribution < 1.29 is 50.9 Å². The fourth-order valence-electron chi connectivity index (χ4n) is 2.63. The number of nitrogens with one attached hydrogen (secondary N) is 2. The molecule has 0 bridgehead atoms. The van der Waals surface area contributed by atoms with Gasteiger partial charge in [0, 0.05) is 18.8 Å². The summed E-state index contributed by atoms with van der Waals surface area (Å²) in [5.74, 6) is -3.74. The first-order valence-electron chi connectivity index (χ1n) is 9.31. The van der Waals surface area contributed by atoms with E-state index in [9.17, 15) is 26.3 Å². The first kappa shape index (κ1) is 27.4. The lowest BCUT2D eigenvalue weighted by molar-refractivity contribution is -0.193. The Labute approximate surface area is 178 Å². The first-order chi connectivity index (χ1) is 14.8. The predicted molar refractivity (Wildman–Crippen MR) is 96.9 cm³/mol. The van der Waals surface area contributed by atoms with E-state index in [0.29, 0.717) is 12.6 Å². The van der Waals surface area contributed by atoms with E-state index < -0.39 is 24.3 Å². The van der Waals surface area contributed by atoms with Crippen LogP contribution in [-0.4, -0.2) is 70.3 Å². The van der Waals surface area contributed by atoms with E-state index in [2.05, 4.69) is 20.6 Å². The monoisotopic (exact) mass is 476 g/mol. The van der Waals surface area contributed by atoms with Gasteiger partial charge in [-0.25, -0.2) is 19.6 Å². The molecule has 0 spiro atoms. The molecule has 2 heterocycles.